The number of aryl methyl sites for hydroxylation is 2. The molecule has 1 aromatic carbocycles. The smallest absolute Gasteiger partial charge is 0.328 e. The number of carboxylic acids is 1. The Bertz CT molecular complexity index is 594. The molecule has 0 spiro atoms. The number of rotatable bonds is 3. The van der Waals surface area contributed by atoms with Gasteiger partial charge in [0.1, 0.15) is 0 Å². The molecule has 1 aromatic heterocycles. The molecule has 3 heteroatoms. The molecule has 0 unspecified atom stereocenters. The number of hydrogen-bond acceptors (Lipinski definition) is 1. The summed E-state index contributed by atoms with van der Waals surface area (Å²) in [5, 5.41) is 9.80. The highest BCUT2D eigenvalue weighted by Crippen LogP contribution is 2.25. The fraction of sp³-hybridized carbons (Fsp3) is 0.214. The van der Waals surface area contributed by atoms with E-state index in [1.807, 2.05) is 13.0 Å². The summed E-state index contributed by atoms with van der Waals surface area (Å²) in [6.07, 6.45) is 3.72. The van der Waals surface area contributed by atoms with Crippen LogP contribution in [0.4, 0.5) is 0 Å². The molecule has 0 aliphatic rings. The number of carbonyl (C=O) groups is 1. The molecule has 1 heterocycles. The van der Waals surface area contributed by atoms with Crippen LogP contribution in [0.3, 0.4) is 0 Å². The van der Waals surface area contributed by atoms with Gasteiger partial charge in [0.15, 0.2) is 0 Å². The van der Waals surface area contributed by atoms with Gasteiger partial charge in [-0.15, -0.1) is 0 Å². The van der Waals surface area contributed by atoms with Gasteiger partial charge in [0, 0.05) is 22.7 Å². The van der Waals surface area contributed by atoms with Crippen molar-refractivity contribution in [3.8, 4) is 0 Å². The van der Waals surface area contributed by atoms with E-state index in [4.69, 9.17) is 5.11 Å². The first-order chi connectivity index (χ1) is 8.13. The minimum Gasteiger partial charge on any atom is -0.478 e. The lowest BCUT2D eigenvalue weighted by atomic mass is 10.1. The van der Waals surface area contributed by atoms with E-state index in [1.54, 1.807) is 6.08 Å². The van der Waals surface area contributed by atoms with Crippen LogP contribution in [-0.2, 0) is 11.2 Å². The van der Waals surface area contributed by atoms with Gasteiger partial charge in [0.2, 0.25) is 0 Å². The quantitative estimate of drug-likeness (QED) is 0.794. The summed E-state index contributed by atoms with van der Waals surface area (Å²) in [5.41, 5.74) is 4.31. The first-order valence-corrected chi connectivity index (χ1v) is 5.64. The fourth-order valence-corrected chi connectivity index (χ4v) is 2.05. The molecular weight excluding hydrogens is 214 g/mol. The van der Waals surface area contributed by atoms with E-state index in [-0.39, 0.29) is 0 Å². The van der Waals surface area contributed by atoms with E-state index < -0.39 is 5.97 Å². The maximum absolute atomic E-state index is 10.5. The summed E-state index contributed by atoms with van der Waals surface area (Å²) >= 11 is 0. The van der Waals surface area contributed by atoms with Crippen molar-refractivity contribution in [2.45, 2.75) is 20.3 Å². The average Bonchev–Trinajstić information content (AvgIpc) is 2.64. The SMILES string of the molecule is CCc1cccc2c(C)c(/C=C/C(=O)O)[nH]c12. The lowest BCUT2D eigenvalue weighted by Gasteiger charge is -1.98. The van der Waals surface area contributed by atoms with Crippen molar-refractivity contribution in [1.82, 2.24) is 4.98 Å². The third kappa shape index (κ3) is 2.09. The number of para-hydroxylation sites is 1. The van der Waals surface area contributed by atoms with Gasteiger partial charge in [-0.2, -0.15) is 0 Å². The monoisotopic (exact) mass is 229 g/mol. The number of nitrogens with one attached hydrogen (secondary N) is 1. The highest BCUT2D eigenvalue weighted by atomic mass is 16.4. The first kappa shape index (κ1) is 11.5. The van der Waals surface area contributed by atoms with Gasteiger partial charge in [-0.25, -0.2) is 4.79 Å². The number of aromatic nitrogens is 1. The van der Waals surface area contributed by atoms with E-state index >= 15 is 0 Å². The molecule has 0 aliphatic carbocycles. The van der Waals surface area contributed by atoms with Gasteiger partial charge >= 0.3 is 5.97 Å². The number of carboxylic acid groups (broad SMARTS) is 1. The summed E-state index contributed by atoms with van der Waals surface area (Å²) < 4.78 is 0. The molecule has 0 saturated heterocycles. The van der Waals surface area contributed by atoms with Gasteiger partial charge in [-0.05, 0) is 30.5 Å². The second-order valence-corrected chi connectivity index (χ2v) is 4.03. The third-order valence-corrected chi connectivity index (χ3v) is 2.99. The largest absolute Gasteiger partial charge is 0.478 e. The minimum absolute atomic E-state index is 0.864. The minimum atomic E-state index is -0.932. The van der Waals surface area contributed by atoms with Crippen LogP contribution in [0, 0.1) is 6.92 Å². The van der Waals surface area contributed by atoms with Crippen molar-refractivity contribution in [3.63, 3.8) is 0 Å². The third-order valence-electron chi connectivity index (χ3n) is 2.99. The zero-order valence-electron chi connectivity index (χ0n) is 9.95. The molecule has 88 valence electrons. The zero-order valence-corrected chi connectivity index (χ0v) is 9.95. The Hall–Kier alpha value is -2.03. The van der Waals surface area contributed by atoms with Crippen LogP contribution in [0.15, 0.2) is 24.3 Å². The molecule has 0 amide bonds. The Balaban J connectivity index is 2.60. The van der Waals surface area contributed by atoms with Crippen LogP contribution >= 0.6 is 0 Å². The van der Waals surface area contributed by atoms with Crippen LogP contribution in [0.2, 0.25) is 0 Å². The lowest BCUT2D eigenvalue weighted by Crippen LogP contribution is -1.86. The van der Waals surface area contributed by atoms with E-state index in [1.165, 1.54) is 5.56 Å². The van der Waals surface area contributed by atoms with E-state index in [0.29, 0.717) is 0 Å². The molecule has 0 radical (unpaired) electrons. The van der Waals surface area contributed by atoms with Gasteiger partial charge < -0.3 is 10.1 Å². The highest BCUT2D eigenvalue weighted by molar-refractivity contribution is 5.92. The van der Waals surface area contributed by atoms with Gasteiger partial charge in [-0.1, -0.05) is 25.1 Å². The highest BCUT2D eigenvalue weighted by Gasteiger charge is 2.07. The summed E-state index contributed by atoms with van der Waals surface area (Å²) in [7, 11) is 0. The lowest BCUT2D eigenvalue weighted by molar-refractivity contribution is -0.131. The molecule has 0 fully saturated rings. The second-order valence-electron chi connectivity index (χ2n) is 4.03. The Kier molecular flexibility index (Phi) is 3.00. The normalized spacial score (nSPS) is 11.4. The summed E-state index contributed by atoms with van der Waals surface area (Å²) in [6, 6.07) is 6.17. The summed E-state index contributed by atoms with van der Waals surface area (Å²) in [6.45, 7) is 4.11. The molecule has 0 saturated carbocycles. The van der Waals surface area contributed by atoms with Crippen molar-refractivity contribution in [2.24, 2.45) is 0 Å². The number of hydrogen-bond donors (Lipinski definition) is 2. The fourth-order valence-electron chi connectivity index (χ4n) is 2.05. The van der Waals surface area contributed by atoms with Crippen molar-refractivity contribution < 1.29 is 9.90 Å². The molecule has 0 aliphatic heterocycles. The predicted octanol–water partition coefficient (Wildman–Crippen LogP) is 3.14. The molecule has 17 heavy (non-hydrogen) atoms. The van der Waals surface area contributed by atoms with Crippen molar-refractivity contribution in [2.75, 3.05) is 0 Å². The van der Waals surface area contributed by atoms with Crippen LogP contribution in [-0.4, -0.2) is 16.1 Å². The van der Waals surface area contributed by atoms with Gasteiger partial charge in [0.05, 0.1) is 0 Å². The summed E-state index contributed by atoms with van der Waals surface area (Å²) in [5.74, 6) is -0.932. The Morgan fingerprint density at radius 1 is 1.47 bits per heavy atom. The number of aliphatic carboxylic acids is 1. The molecule has 2 rings (SSSR count). The van der Waals surface area contributed by atoms with Crippen molar-refractivity contribution >= 4 is 22.9 Å². The number of aromatic amines is 1. The molecule has 0 bridgehead atoms. The molecule has 3 nitrogen and oxygen atoms in total. The first-order valence-electron chi connectivity index (χ1n) is 5.64. The van der Waals surface area contributed by atoms with Gasteiger partial charge in [-0.3, -0.25) is 0 Å². The number of benzene rings is 1. The maximum Gasteiger partial charge on any atom is 0.328 e. The molecule has 0 atom stereocenters. The topological polar surface area (TPSA) is 53.1 Å². The Morgan fingerprint density at radius 3 is 2.88 bits per heavy atom. The molecular formula is C14H15NO2. The second kappa shape index (κ2) is 4.45. The Labute approximate surface area is 99.8 Å². The van der Waals surface area contributed by atoms with Crippen molar-refractivity contribution in [3.05, 3.63) is 41.1 Å². The standard InChI is InChI=1S/C14H15NO2/c1-3-10-5-4-6-11-9(2)12(15-14(10)11)7-8-13(16)17/h4-8,15H,3H2,1-2H3,(H,16,17)/b8-7+. The van der Waals surface area contributed by atoms with Crippen LogP contribution in [0.1, 0.15) is 23.7 Å². The van der Waals surface area contributed by atoms with E-state index in [0.717, 1.165) is 34.7 Å². The maximum atomic E-state index is 10.5. The molecule has 2 N–H and O–H groups in total. The molecule has 2 aromatic rings. The Morgan fingerprint density at radius 2 is 2.24 bits per heavy atom. The van der Waals surface area contributed by atoms with E-state index in [2.05, 4.69) is 24.0 Å². The summed E-state index contributed by atoms with van der Waals surface area (Å²) in [4.78, 5) is 13.8. The predicted molar refractivity (Wildman–Crippen MR) is 69.1 cm³/mol. The van der Waals surface area contributed by atoms with Crippen LogP contribution in [0.25, 0.3) is 17.0 Å². The zero-order chi connectivity index (χ0) is 12.4. The number of H-pyrrole nitrogens is 1. The number of fused-ring (bicyclic) bond motifs is 1. The van der Waals surface area contributed by atoms with Crippen molar-refractivity contribution in [1.29, 1.82) is 0 Å². The van der Waals surface area contributed by atoms with Crippen LogP contribution < -0.4 is 0 Å². The van der Waals surface area contributed by atoms with E-state index in [9.17, 15) is 4.79 Å². The van der Waals surface area contributed by atoms with Gasteiger partial charge in [0.25, 0.3) is 0 Å². The van der Waals surface area contributed by atoms with Crippen LogP contribution in [0.5, 0.6) is 0 Å². The average molecular weight is 229 g/mol.